The molecule has 1 radical (unpaired) electrons. The minimum absolute atomic E-state index is 1.04. The van der Waals surface area contributed by atoms with Gasteiger partial charge in [-0.2, -0.15) is 0 Å². The van der Waals surface area contributed by atoms with Crippen LogP contribution in [0.4, 0.5) is 0 Å². The van der Waals surface area contributed by atoms with Crippen LogP contribution in [0.15, 0.2) is 77.3 Å². The van der Waals surface area contributed by atoms with Gasteiger partial charge in [-0.1, -0.05) is 108 Å². The molecule has 0 fully saturated rings. The molecule has 0 saturated carbocycles. The van der Waals surface area contributed by atoms with E-state index in [-0.39, 0.29) is 0 Å². The Morgan fingerprint density at radius 3 is 1.41 bits per heavy atom. The normalized spacial score (nSPS) is 11.6. The first kappa shape index (κ1) is 24.6. The van der Waals surface area contributed by atoms with E-state index >= 15 is 0 Å². The summed E-state index contributed by atoms with van der Waals surface area (Å²) in [5.74, 6) is 0. The number of allylic oxidation sites excluding steroid dienone is 3. The van der Waals surface area contributed by atoms with Crippen molar-refractivity contribution < 1.29 is 0 Å². The third kappa shape index (κ3) is 8.21. The minimum Gasteiger partial charge on any atom is -0.257 e. The molecule has 0 saturated heterocycles. The third-order valence-electron chi connectivity index (χ3n) is 3.30. The van der Waals surface area contributed by atoms with Gasteiger partial charge in [0.1, 0.15) is 0 Å². The van der Waals surface area contributed by atoms with Crippen molar-refractivity contribution in [1.29, 1.82) is 0 Å². The maximum Gasteiger partial charge on any atom is 0.0782 e. The molecule has 0 atom stereocenters. The topological polar surface area (TPSA) is 12.4 Å². The number of nitrogens with zero attached hydrogens (tertiary/aromatic N) is 1. The van der Waals surface area contributed by atoms with Crippen LogP contribution in [-0.2, 0) is 0 Å². The van der Waals surface area contributed by atoms with Gasteiger partial charge in [0.05, 0.1) is 5.70 Å². The Bertz CT molecular complexity index is 715. The summed E-state index contributed by atoms with van der Waals surface area (Å²) in [6, 6.07) is 20.9. The fourth-order valence-corrected chi connectivity index (χ4v) is 2.34. The standard InChI is InChI=1S/C20H18N.3C2H6/c1-15(2)21-20(18-11-7-4-8-12-18)19(17-13-14-17)16-9-5-3-6-10-16;3*1-2/h3-14H,1-2H3;3*1-2H3/b20-19-;;;. The van der Waals surface area contributed by atoms with Crippen molar-refractivity contribution in [2.75, 3.05) is 0 Å². The fraction of sp³-hybridized carbons (Fsp3) is 0.308. The van der Waals surface area contributed by atoms with Gasteiger partial charge >= 0.3 is 0 Å². The second-order valence-electron chi connectivity index (χ2n) is 5.30. The van der Waals surface area contributed by atoms with Gasteiger partial charge in [0, 0.05) is 23.3 Å². The zero-order valence-corrected chi connectivity index (χ0v) is 18.4. The van der Waals surface area contributed by atoms with Crippen molar-refractivity contribution in [3.05, 3.63) is 89.9 Å². The Morgan fingerprint density at radius 2 is 1.04 bits per heavy atom. The van der Waals surface area contributed by atoms with Gasteiger partial charge in [-0.25, -0.2) is 0 Å². The van der Waals surface area contributed by atoms with Crippen molar-refractivity contribution >= 4 is 17.0 Å². The molecule has 27 heavy (non-hydrogen) atoms. The molecule has 1 aliphatic carbocycles. The predicted octanol–water partition coefficient (Wildman–Crippen LogP) is 8.26. The van der Waals surface area contributed by atoms with Gasteiger partial charge in [0.25, 0.3) is 0 Å². The van der Waals surface area contributed by atoms with E-state index in [1.54, 1.807) is 0 Å². The van der Waals surface area contributed by atoms with E-state index in [9.17, 15) is 0 Å². The molecule has 0 spiro atoms. The molecule has 0 aromatic heterocycles. The number of rotatable bonds is 4. The average Bonchev–Trinajstić information content (AvgIpc) is 3.58. The van der Waals surface area contributed by atoms with Crippen LogP contribution in [0.5, 0.6) is 0 Å². The Balaban J connectivity index is 0.00000103. The summed E-state index contributed by atoms with van der Waals surface area (Å²) >= 11 is 0. The second-order valence-corrected chi connectivity index (χ2v) is 5.30. The first-order valence-electron chi connectivity index (χ1n) is 10.2. The third-order valence-corrected chi connectivity index (χ3v) is 3.30. The Morgan fingerprint density at radius 1 is 0.630 bits per heavy atom. The molecule has 0 bridgehead atoms. The summed E-state index contributed by atoms with van der Waals surface area (Å²) in [6.45, 7) is 16.1. The van der Waals surface area contributed by atoms with Crippen molar-refractivity contribution in [1.82, 2.24) is 0 Å². The summed E-state index contributed by atoms with van der Waals surface area (Å²) in [6.07, 6.45) is 4.29. The van der Waals surface area contributed by atoms with Gasteiger partial charge in [-0.15, -0.1) is 0 Å². The molecule has 0 aliphatic heterocycles. The molecule has 1 aliphatic rings. The zero-order chi connectivity index (χ0) is 20.7. The van der Waals surface area contributed by atoms with E-state index < -0.39 is 0 Å². The molecule has 0 amide bonds. The lowest BCUT2D eigenvalue weighted by Gasteiger charge is -2.11. The first-order valence-corrected chi connectivity index (χ1v) is 10.2. The molecule has 3 rings (SSSR count). The van der Waals surface area contributed by atoms with E-state index in [2.05, 4.69) is 61.0 Å². The summed E-state index contributed by atoms with van der Waals surface area (Å²) in [7, 11) is 0. The summed E-state index contributed by atoms with van der Waals surface area (Å²) in [5.41, 5.74) is 6.94. The highest BCUT2D eigenvalue weighted by Gasteiger charge is 2.20. The highest BCUT2D eigenvalue weighted by Crippen LogP contribution is 2.40. The van der Waals surface area contributed by atoms with Gasteiger partial charge in [0.2, 0.25) is 0 Å². The van der Waals surface area contributed by atoms with Crippen LogP contribution < -0.4 is 0 Å². The number of hydrogen-bond acceptors (Lipinski definition) is 1. The second kappa shape index (κ2) is 14.7. The molecule has 0 unspecified atom stereocenters. The quantitative estimate of drug-likeness (QED) is 0.383. The predicted molar refractivity (Wildman–Crippen MR) is 125 cm³/mol. The maximum atomic E-state index is 4.82. The van der Waals surface area contributed by atoms with Crippen LogP contribution in [-0.4, -0.2) is 5.71 Å². The zero-order valence-electron chi connectivity index (χ0n) is 18.4. The van der Waals surface area contributed by atoms with E-state index in [1.165, 1.54) is 16.7 Å². The van der Waals surface area contributed by atoms with Gasteiger partial charge in [-0.3, -0.25) is 4.99 Å². The van der Waals surface area contributed by atoms with Crippen molar-refractivity contribution in [3.63, 3.8) is 0 Å². The van der Waals surface area contributed by atoms with Gasteiger partial charge in [0.15, 0.2) is 0 Å². The van der Waals surface area contributed by atoms with Crippen molar-refractivity contribution in [2.45, 2.75) is 55.4 Å². The lowest BCUT2D eigenvalue weighted by molar-refractivity contribution is 1.46. The summed E-state index contributed by atoms with van der Waals surface area (Å²) in [4.78, 5) is 4.82. The van der Waals surface area contributed by atoms with Crippen LogP contribution >= 0.6 is 0 Å². The fourth-order valence-electron chi connectivity index (χ4n) is 2.34. The molecule has 0 N–H and O–H groups in total. The Kier molecular flexibility index (Phi) is 13.4. The molecule has 2 aromatic carbocycles. The molecule has 2 aromatic rings. The number of benzene rings is 2. The van der Waals surface area contributed by atoms with Gasteiger partial charge in [-0.05, 0) is 25.0 Å². The van der Waals surface area contributed by atoms with Crippen LogP contribution in [0.2, 0.25) is 0 Å². The minimum atomic E-state index is 1.04. The van der Waals surface area contributed by atoms with Crippen LogP contribution in [0, 0.1) is 6.42 Å². The highest BCUT2D eigenvalue weighted by molar-refractivity contribution is 6.04. The lowest BCUT2D eigenvalue weighted by atomic mass is 9.97. The lowest BCUT2D eigenvalue weighted by Crippen LogP contribution is -1.93. The SMILES string of the molecule is CC.CC.CC.CC(C)=N/C(=C(\C1=C[CH]1)c1ccccc1)c1ccccc1. The van der Waals surface area contributed by atoms with Crippen LogP contribution in [0.25, 0.3) is 11.3 Å². The van der Waals surface area contributed by atoms with E-state index in [0.717, 1.165) is 17.0 Å². The van der Waals surface area contributed by atoms with E-state index in [0.29, 0.717) is 0 Å². The average molecular weight is 363 g/mol. The monoisotopic (exact) mass is 362 g/mol. The molecule has 1 nitrogen and oxygen atoms in total. The molecule has 0 heterocycles. The van der Waals surface area contributed by atoms with Crippen molar-refractivity contribution in [2.24, 2.45) is 4.99 Å². The molecule has 1 heteroatoms. The largest absolute Gasteiger partial charge is 0.257 e. The number of hydrogen-bond donors (Lipinski definition) is 0. The molecular weight excluding hydrogens is 326 g/mol. The van der Waals surface area contributed by atoms with E-state index in [4.69, 9.17) is 4.99 Å². The molecular formula is C26H36N. The Labute approximate surface area is 167 Å². The smallest absolute Gasteiger partial charge is 0.0782 e. The summed E-state index contributed by atoms with van der Waals surface area (Å²) < 4.78 is 0. The summed E-state index contributed by atoms with van der Waals surface area (Å²) in [5, 5.41) is 0. The number of aliphatic imine (C=N–C) groups is 1. The first-order chi connectivity index (χ1) is 13.3. The maximum absolute atomic E-state index is 4.82. The van der Waals surface area contributed by atoms with Crippen LogP contribution in [0.1, 0.15) is 66.5 Å². The van der Waals surface area contributed by atoms with Gasteiger partial charge < -0.3 is 0 Å². The van der Waals surface area contributed by atoms with Crippen LogP contribution in [0.3, 0.4) is 0 Å². The molecule has 145 valence electrons. The highest BCUT2D eigenvalue weighted by atomic mass is 14.8. The van der Waals surface area contributed by atoms with E-state index in [1.807, 2.05) is 67.5 Å². The Hall–Kier alpha value is -2.41. The van der Waals surface area contributed by atoms with Crippen molar-refractivity contribution in [3.8, 4) is 0 Å².